The first-order valence-corrected chi connectivity index (χ1v) is 5.60. The smallest absolute Gasteiger partial charge is 0.149 e. The number of hydrogen-bond donors (Lipinski definition) is 0. The predicted molar refractivity (Wildman–Crippen MR) is 52.0 cm³/mol. The van der Waals surface area contributed by atoms with Crippen LogP contribution in [-0.2, 0) is 4.57 Å². The third-order valence-corrected chi connectivity index (χ3v) is 3.44. The van der Waals surface area contributed by atoms with E-state index in [1.165, 1.54) is 0 Å². The molecule has 0 aromatic carbocycles. The molecule has 0 rings (SSSR count). The summed E-state index contributed by atoms with van der Waals surface area (Å²) in [5.74, 6) is 5.23. The standard InChI is InChI=1S/C9H15OP/c1-4-7-11(10,8-5-2)9-6-3/h4-9H,1-3H3. The van der Waals surface area contributed by atoms with Crippen LogP contribution >= 0.6 is 7.14 Å². The largest absolute Gasteiger partial charge is 0.311 e. The number of hydrogen-bond acceptors (Lipinski definition) is 1. The molecule has 11 heavy (non-hydrogen) atoms. The van der Waals surface area contributed by atoms with Crippen molar-refractivity contribution in [2.75, 3.05) is 0 Å². The predicted octanol–water partition coefficient (Wildman–Crippen LogP) is 3.95. The molecule has 0 aromatic heterocycles. The Kier molecular flexibility index (Phi) is 4.89. The van der Waals surface area contributed by atoms with Crippen LogP contribution in [-0.4, -0.2) is 0 Å². The summed E-state index contributed by atoms with van der Waals surface area (Å²) in [5.41, 5.74) is 0. The maximum Gasteiger partial charge on any atom is 0.149 e. The third kappa shape index (κ3) is 4.00. The van der Waals surface area contributed by atoms with Gasteiger partial charge in [-0.2, -0.15) is 0 Å². The van der Waals surface area contributed by atoms with Crippen LogP contribution in [0.1, 0.15) is 20.8 Å². The van der Waals surface area contributed by atoms with Gasteiger partial charge in [0.15, 0.2) is 0 Å². The molecule has 1 nitrogen and oxygen atoms in total. The van der Waals surface area contributed by atoms with E-state index >= 15 is 0 Å². The van der Waals surface area contributed by atoms with E-state index in [4.69, 9.17) is 0 Å². The lowest BCUT2D eigenvalue weighted by molar-refractivity contribution is 0.591. The van der Waals surface area contributed by atoms with Crippen molar-refractivity contribution in [1.82, 2.24) is 0 Å². The zero-order chi connectivity index (χ0) is 8.74. The molecule has 0 heterocycles. The molecule has 0 amide bonds. The highest BCUT2D eigenvalue weighted by molar-refractivity contribution is 7.73. The van der Waals surface area contributed by atoms with Gasteiger partial charge in [-0.25, -0.2) is 0 Å². The Hall–Kier alpha value is -0.550. The topological polar surface area (TPSA) is 17.1 Å². The van der Waals surface area contributed by atoms with Crippen molar-refractivity contribution in [2.24, 2.45) is 0 Å². The van der Waals surface area contributed by atoms with E-state index in [0.29, 0.717) is 0 Å². The van der Waals surface area contributed by atoms with Gasteiger partial charge in [-0.05, 0) is 38.2 Å². The van der Waals surface area contributed by atoms with E-state index in [9.17, 15) is 4.57 Å². The first-order chi connectivity index (χ1) is 5.18. The van der Waals surface area contributed by atoms with Crippen LogP contribution in [0.15, 0.2) is 35.7 Å². The van der Waals surface area contributed by atoms with Gasteiger partial charge in [0.1, 0.15) is 7.14 Å². The fourth-order valence-electron chi connectivity index (χ4n) is 0.848. The minimum Gasteiger partial charge on any atom is -0.311 e. The van der Waals surface area contributed by atoms with Gasteiger partial charge >= 0.3 is 0 Å². The van der Waals surface area contributed by atoms with Gasteiger partial charge in [-0.3, -0.25) is 0 Å². The highest BCUT2D eigenvalue weighted by Gasteiger charge is 2.06. The summed E-state index contributed by atoms with van der Waals surface area (Å²) in [6.45, 7) is 5.62. The molecule has 0 radical (unpaired) electrons. The third-order valence-electron chi connectivity index (χ3n) is 1.15. The highest BCUT2D eigenvalue weighted by atomic mass is 31.2. The Bertz CT molecular complexity index is 186. The van der Waals surface area contributed by atoms with Gasteiger partial charge < -0.3 is 4.57 Å². The van der Waals surface area contributed by atoms with Crippen molar-refractivity contribution in [3.63, 3.8) is 0 Å². The lowest BCUT2D eigenvalue weighted by Crippen LogP contribution is -1.63. The second kappa shape index (κ2) is 5.15. The minimum absolute atomic E-state index is 1.74. The lowest BCUT2D eigenvalue weighted by atomic mass is 10.8. The first-order valence-electron chi connectivity index (χ1n) is 3.69. The highest BCUT2D eigenvalue weighted by Crippen LogP contribution is 2.50. The van der Waals surface area contributed by atoms with E-state index in [2.05, 4.69) is 0 Å². The second-order valence-electron chi connectivity index (χ2n) is 2.21. The lowest BCUT2D eigenvalue weighted by Gasteiger charge is -2.00. The molecule has 0 aliphatic carbocycles. The molecule has 0 unspecified atom stereocenters. The summed E-state index contributed by atoms with van der Waals surface area (Å²) in [4.78, 5) is 0. The monoisotopic (exact) mass is 170 g/mol. The van der Waals surface area contributed by atoms with Crippen LogP contribution in [0.3, 0.4) is 0 Å². The van der Waals surface area contributed by atoms with Crippen LogP contribution in [0.5, 0.6) is 0 Å². The SMILES string of the molecule is CC=CP(=O)(C=CC)C=CC. The Morgan fingerprint density at radius 2 is 1.09 bits per heavy atom. The van der Waals surface area contributed by atoms with Gasteiger partial charge in [-0.15, -0.1) is 0 Å². The molecule has 2 heteroatoms. The van der Waals surface area contributed by atoms with E-state index in [0.717, 1.165) is 0 Å². The molecule has 0 aromatic rings. The molecule has 0 spiro atoms. The van der Waals surface area contributed by atoms with Gasteiger partial charge in [-0.1, -0.05) is 18.2 Å². The van der Waals surface area contributed by atoms with Crippen LogP contribution < -0.4 is 0 Å². The summed E-state index contributed by atoms with van der Waals surface area (Å²) in [5, 5.41) is 0. The molecular formula is C9H15OP. The van der Waals surface area contributed by atoms with Crippen LogP contribution in [0.25, 0.3) is 0 Å². The van der Waals surface area contributed by atoms with E-state index < -0.39 is 7.14 Å². The van der Waals surface area contributed by atoms with Crippen molar-refractivity contribution >= 4 is 7.14 Å². The summed E-state index contributed by atoms with van der Waals surface area (Å²) in [6.07, 6.45) is 5.46. The molecule has 62 valence electrons. The first kappa shape index (κ1) is 10.4. The number of rotatable bonds is 3. The van der Waals surface area contributed by atoms with Gasteiger partial charge in [0, 0.05) is 0 Å². The molecule has 0 saturated heterocycles. The molecule has 0 aliphatic heterocycles. The molecule has 0 aliphatic rings. The average Bonchev–Trinajstić information content (AvgIpc) is 1.88. The Morgan fingerprint density at radius 3 is 1.27 bits per heavy atom. The molecular weight excluding hydrogens is 155 g/mol. The van der Waals surface area contributed by atoms with Gasteiger partial charge in [0.2, 0.25) is 0 Å². The van der Waals surface area contributed by atoms with Crippen LogP contribution in [0.2, 0.25) is 0 Å². The summed E-state index contributed by atoms with van der Waals surface area (Å²) in [7, 11) is -2.26. The fourth-order valence-corrected chi connectivity index (χ4v) is 2.54. The van der Waals surface area contributed by atoms with Crippen LogP contribution in [0.4, 0.5) is 0 Å². The fraction of sp³-hybridized carbons (Fsp3) is 0.333. The van der Waals surface area contributed by atoms with E-state index in [1.807, 2.05) is 39.0 Å². The maximum absolute atomic E-state index is 11.8. The van der Waals surface area contributed by atoms with Crippen molar-refractivity contribution < 1.29 is 4.57 Å². The molecule has 0 atom stereocenters. The molecule has 0 bridgehead atoms. The van der Waals surface area contributed by atoms with Gasteiger partial charge in [0.05, 0.1) is 0 Å². The minimum atomic E-state index is -2.26. The molecule has 0 N–H and O–H groups in total. The molecule has 0 fully saturated rings. The summed E-state index contributed by atoms with van der Waals surface area (Å²) >= 11 is 0. The van der Waals surface area contributed by atoms with E-state index in [-0.39, 0.29) is 0 Å². The zero-order valence-corrected chi connectivity index (χ0v) is 8.21. The maximum atomic E-state index is 11.8. The van der Waals surface area contributed by atoms with Gasteiger partial charge in [0.25, 0.3) is 0 Å². The summed E-state index contributed by atoms with van der Waals surface area (Å²) in [6, 6.07) is 0. The molecule has 0 saturated carbocycles. The Morgan fingerprint density at radius 1 is 0.818 bits per heavy atom. The number of allylic oxidation sites excluding steroid dienone is 3. The summed E-state index contributed by atoms with van der Waals surface area (Å²) < 4.78 is 11.8. The Labute approximate surface area is 68.9 Å². The van der Waals surface area contributed by atoms with E-state index in [1.54, 1.807) is 17.5 Å². The Balaban J connectivity index is 4.67. The van der Waals surface area contributed by atoms with Crippen molar-refractivity contribution in [3.8, 4) is 0 Å². The quantitative estimate of drug-likeness (QED) is 0.586. The van der Waals surface area contributed by atoms with Crippen molar-refractivity contribution in [3.05, 3.63) is 35.7 Å². The average molecular weight is 170 g/mol. The second-order valence-corrected chi connectivity index (χ2v) is 4.63. The van der Waals surface area contributed by atoms with Crippen LogP contribution in [0, 0.1) is 0 Å². The van der Waals surface area contributed by atoms with Crippen molar-refractivity contribution in [2.45, 2.75) is 20.8 Å². The zero-order valence-electron chi connectivity index (χ0n) is 7.32. The normalized spacial score (nSPS) is 18.5. The van der Waals surface area contributed by atoms with Crippen molar-refractivity contribution in [1.29, 1.82) is 0 Å².